The Morgan fingerprint density at radius 3 is 2.59 bits per heavy atom. The van der Waals surface area contributed by atoms with Crippen molar-refractivity contribution in [2.24, 2.45) is 0 Å². The lowest BCUT2D eigenvalue weighted by Gasteiger charge is -2.30. The summed E-state index contributed by atoms with van der Waals surface area (Å²) in [5.41, 5.74) is 0. The zero-order valence-electron chi connectivity index (χ0n) is 13.2. The van der Waals surface area contributed by atoms with Gasteiger partial charge in [0, 0.05) is 24.5 Å². The van der Waals surface area contributed by atoms with Gasteiger partial charge in [-0.1, -0.05) is 5.16 Å². The second kappa shape index (κ2) is 6.26. The van der Waals surface area contributed by atoms with Gasteiger partial charge in [-0.05, 0) is 51.6 Å². The normalized spacial score (nSPS) is 30.4. The maximum atomic E-state index is 9.48. The van der Waals surface area contributed by atoms with Gasteiger partial charge in [-0.25, -0.2) is 0 Å². The summed E-state index contributed by atoms with van der Waals surface area (Å²) in [6.07, 6.45) is 7.24. The molecule has 0 aromatic carbocycles. The summed E-state index contributed by atoms with van der Waals surface area (Å²) in [6.45, 7) is 4.42. The average Bonchev–Trinajstić information content (AvgIpc) is 2.94. The van der Waals surface area contributed by atoms with Crippen LogP contribution in [0.5, 0.6) is 0 Å². The molecule has 3 fully saturated rings. The molecule has 0 spiro atoms. The summed E-state index contributed by atoms with van der Waals surface area (Å²) >= 11 is 0. The van der Waals surface area contributed by atoms with Crippen LogP contribution < -0.4 is 0 Å². The first kappa shape index (κ1) is 14.6. The predicted molar refractivity (Wildman–Crippen MR) is 81.4 cm³/mol. The Bertz CT molecular complexity index is 502. The Kier molecular flexibility index (Phi) is 4.15. The van der Waals surface area contributed by atoms with Crippen LogP contribution in [0, 0.1) is 0 Å². The molecule has 1 N–H and O–H groups in total. The second-order valence-corrected chi connectivity index (χ2v) is 7.06. The predicted octanol–water partition coefficient (Wildman–Crippen LogP) is 1.37. The van der Waals surface area contributed by atoms with Gasteiger partial charge in [0.25, 0.3) is 0 Å². The molecule has 1 aromatic rings. The third-order valence-corrected chi connectivity index (χ3v) is 5.41. The fourth-order valence-corrected chi connectivity index (χ4v) is 3.93. The molecular formula is C16H26N4O2. The van der Waals surface area contributed by atoms with Gasteiger partial charge in [-0.3, -0.25) is 9.80 Å². The van der Waals surface area contributed by atoms with Crippen molar-refractivity contribution in [3.05, 3.63) is 11.7 Å². The lowest BCUT2D eigenvalue weighted by Crippen LogP contribution is -2.43. The van der Waals surface area contributed by atoms with E-state index in [1.165, 1.54) is 32.1 Å². The summed E-state index contributed by atoms with van der Waals surface area (Å²) in [5.74, 6) is 2.21. The molecule has 0 radical (unpaired) electrons. The molecule has 6 heteroatoms. The topological polar surface area (TPSA) is 65.6 Å². The van der Waals surface area contributed by atoms with Crippen molar-refractivity contribution >= 4 is 0 Å². The van der Waals surface area contributed by atoms with Gasteiger partial charge in [-0.2, -0.15) is 4.98 Å². The van der Waals surface area contributed by atoms with E-state index in [2.05, 4.69) is 19.9 Å². The number of hydrogen-bond donors (Lipinski definition) is 1. The van der Waals surface area contributed by atoms with Crippen LogP contribution in [0.1, 0.15) is 56.2 Å². The van der Waals surface area contributed by atoms with Crippen LogP contribution in [-0.2, 0) is 6.54 Å². The van der Waals surface area contributed by atoms with Crippen LogP contribution in [0.15, 0.2) is 4.52 Å². The molecule has 2 saturated heterocycles. The van der Waals surface area contributed by atoms with Crippen molar-refractivity contribution in [1.82, 2.24) is 19.9 Å². The summed E-state index contributed by atoms with van der Waals surface area (Å²) in [5, 5.41) is 13.6. The monoisotopic (exact) mass is 306 g/mol. The minimum absolute atomic E-state index is 0.294. The first-order chi connectivity index (χ1) is 10.8. The first-order valence-corrected chi connectivity index (χ1v) is 8.75. The Morgan fingerprint density at radius 2 is 1.82 bits per heavy atom. The molecular weight excluding hydrogens is 280 g/mol. The highest BCUT2D eigenvalue weighted by molar-refractivity contribution is 5.02. The lowest BCUT2D eigenvalue weighted by atomic mass is 10.2. The molecule has 0 unspecified atom stereocenters. The summed E-state index contributed by atoms with van der Waals surface area (Å²) < 4.78 is 5.37. The van der Waals surface area contributed by atoms with E-state index in [0.717, 1.165) is 44.3 Å². The molecule has 0 bridgehead atoms. The maximum absolute atomic E-state index is 9.48. The van der Waals surface area contributed by atoms with Crippen molar-refractivity contribution in [1.29, 1.82) is 0 Å². The smallest absolute Gasteiger partial charge is 0.229 e. The van der Waals surface area contributed by atoms with Gasteiger partial charge in [0.2, 0.25) is 5.89 Å². The van der Waals surface area contributed by atoms with E-state index < -0.39 is 0 Å². The number of aliphatic hydroxyl groups excluding tert-OH is 1. The molecule has 6 nitrogen and oxygen atoms in total. The van der Waals surface area contributed by atoms with Gasteiger partial charge in [0.05, 0.1) is 13.2 Å². The van der Waals surface area contributed by atoms with E-state index in [-0.39, 0.29) is 0 Å². The van der Waals surface area contributed by atoms with E-state index in [4.69, 9.17) is 4.52 Å². The molecule has 3 heterocycles. The Balaban J connectivity index is 1.35. The van der Waals surface area contributed by atoms with Crippen LogP contribution >= 0.6 is 0 Å². The molecule has 22 heavy (non-hydrogen) atoms. The summed E-state index contributed by atoms with van der Waals surface area (Å²) in [6, 6.07) is 0.934. The fraction of sp³-hybridized carbons (Fsp3) is 0.875. The van der Waals surface area contributed by atoms with E-state index in [0.29, 0.717) is 24.6 Å². The minimum atomic E-state index is 0.294. The summed E-state index contributed by atoms with van der Waals surface area (Å²) in [7, 11) is 0. The van der Waals surface area contributed by atoms with Gasteiger partial charge in [-0.15, -0.1) is 0 Å². The highest BCUT2D eigenvalue weighted by Crippen LogP contribution is 2.39. The van der Waals surface area contributed by atoms with E-state index in [1.807, 2.05) is 0 Å². The SMILES string of the molecule is OC[C@@H]1CCCN1C[C@H]1CCCN1Cc1noc(C2CC2)n1. The third-order valence-electron chi connectivity index (χ3n) is 5.41. The molecule has 3 aliphatic rings. The first-order valence-electron chi connectivity index (χ1n) is 8.75. The second-order valence-electron chi connectivity index (χ2n) is 7.06. The fourth-order valence-electron chi connectivity index (χ4n) is 3.93. The summed E-state index contributed by atoms with van der Waals surface area (Å²) in [4.78, 5) is 9.52. The number of nitrogens with zero attached hydrogens (tertiary/aromatic N) is 4. The van der Waals surface area contributed by atoms with Crippen LogP contribution in [0.2, 0.25) is 0 Å². The van der Waals surface area contributed by atoms with Gasteiger partial charge >= 0.3 is 0 Å². The van der Waals surface area contributed by atoms with Crippen molar-refractivity contribution in [3.8, 4) is 0 Å². The highest BCUT2D eigenvalue weighted by atomic mass is 16.5. The zero-order valence-corrected chi connectivity index (χ0v) is 13.2. The molecule has 4 rings (SSSR count). The van der Waals surface area contributed by atoms with Gasteiger partial charge in [0.15, 0.2) is 5.82 Å². The molecule has 2 aliphatic heterocycles. The zero-order chi connectivity index (χ0) is 14.9. The van der Waals surface area contributed by atoms with Crippen molar-refractivity contribution in [2.75, 3.05) is 26.2 Å². The Hall–Kier alpha value is -0.980. The maximum Gasteiger partial charge on any atom is 0.229 e. The van der Waals surface area contributed by atoms with Crippen molar-refractivity contribution in [3.63, 3.8) is 0 Å². The van der Waals surface area contributed by atoms with E-state index in [9.17, 15) is 5.11 Å². The number of aromatic nitrogens is 2. The molecule has 1 aromatic heterocycles. The lowest BCUT2D eigenvalue weighted by molar-refractivity contribution is 0.118. The van der Waals surface area contributed by atoms with Crippen molar-refractivity contribution < 1.29 is 9.63 Å². The minimum Gasteiger partial charge on any atom is -0.395 e. The third kappa shape index (κ3) is 3.05. The van der Waals surface area contributed by atoms with Crippen LogP contribution in [0.25, 0.3) is 0 Å². The highest BCUT2D eigenvalue weighted by Gasteiger charge is 2.33. The van der Waals surface area contributed by atoms with Gasteiger partial charge < -0.3 is 9.63 Å². The standard InChI is InChI=1S/C16H26N4O2/c21-11-14-4-2-7-19(14)9-13-3-1-8-20(13)10-15-17-16(22-18-15)12-5-6-12/h12-14,21H,1-11H2/t13-,14+/m1/s1. The number of aliphatic hydroxyl groups is 1. The van der Waals surface area contributed by atoms with E-state index >= 15 is 0 Å². The van der Waals surface area contributed by atoms with Crippen LogP contribution in [-0.4, -0.2) is 63.4 Å². The largest absolute Gasteiger partial charge is 0.395 e. The Labute approximate surface area is 131 Å². The average molecular weight is 306 g/mol. The van der Waals surface area contributed by atoms with E-state index in [1.54, 1.807) is 0 Å². The Morgan fingerprint density at radius 1 is 1.05 bits per heavy atom. The number of rotatable bonds is 6. The molecule has 122 valence electrons. The van der Waals surface area contributed by atoms with Gasteiger partial charge in [0.1, 0.15) is 0 Å². The molecule has 1 aliphatic carbocycles. The number of hydrogen-bond acceptors (Lipinski definition) is 6. The molecule has 1 saturated carbocycles. The quantitative estimate of drug-likeness (QED) is 0.856. The molecule has 2 atom stereocenters. The van der Waals surface area contributed by atoms with Crippen LogP contribution in [0.4, 0.5) is 0 Å². The number of likely N-dealkylation sites (tertiary alicyclic amines) is 2. The molecule has 0 amide bonds. The van der Waals surface area contributed by atoms with Crippen molar-refractivity contribution in [2.45, 2.75) is 63.1 Å². The van der Waals surface area contributed by atoms with Crippen LogP contribution in [0.3, 0.4) is 0 Å².